The van der Waals surface area contributed by atoms with Crippen LogP contribution in [0.5, 0.6) is 5.75 Å². The molecule has 1 N–H and O–H groups in total. The van der Waals surface area contributed by atoms with Gasteiger partial charge in [0.25, 0.3) is 0 Å². The fourth-order valence-electron chi connectivity index (χ4n) is 2.58. The molecule has 3 rings (SSSR count). The first-order valence-electron chi connectivity index (χ1n) is 8.47. The van der Waals surface area contributed by atoms with Gasteiger partial charge >= 0.3 is 0 Å². The van der Waals surface area contributed by atoms with Crippen molar-refractivity contribution in [3.05, 3.63) is 53.6 Å². The van der Waals surface area contributed by atoms with Crippen molar-refractivity contribution in [2.45, 2.75) is 33.1 Å². The number of nitrogens with zero attached hydrogens (tertiary/aromatic N) is 1. The van der Waals surface area contributed by atoms with Gasteiger partial charge < -0.3 is 10.1 Å². The van der Waals surface area contributed by atoms with Gasteiger partial charge in [-0.25, -0.2) is 4.98 Å². The Kier molecular flexibility index (Phi) is 5.34. The summed E-state index contributed by atoms with van der Waals surface area (Å²) in [5.74, 6) is 1.26. The lowest BCUT2D eigenvalue weighted by molar-refractivity contribution is -0.115. The third kappa shape index (κ3) is 4.37. The normalized spacial score (nSPS) is 11.0. The molecule has 0 saturated heterocycles. The van der Waals surface area contributed by atoms with Crippen molar-refractivity contribution in [1.29, 1.82) is 0 Å². The maximum Gasteiger partial charge on any atom is 0.230 e. The molecule has 0 bridgehead atoms. The van der Waals surface area contributed by atoms with Crippen LogP contribution in [0.1, 0.15) is 37.8 Å². The molecule has 1 heterocycles. The monoisotopic (exact) mass is 354 g/mol. The Morgan fingerprint density at radius 3 is 2.64 bits per heavy atom. The number of hydrogen-bond donors (Lipinski definition) is 1. The second kappa shape index (κ2) is 7.66. The number of ether oxygens (including phenoxy) is 1. The van der Waals surface area contributed by atoms with E-state index >= 15 is 0 Å². The van der Waals surface area contributed by atoms with Gasteiger partial charge in [0.1, 0.15) is 5.75 Å². The molecule has 3 aromatic rings. The van der Waals surface area contributed by atoms with Gasteiger partial charge in [-0.2, -0.15) is 0 Å². The fourth-order valence-corrected chi connectivity index (χ4v) is 3.49. The zero-order chi connectivity index (χ0) is 17.8. The molecule has 0 aliphatic carbocycles. The quantitative estimate of drug-likeness (QED) is 0.678. The zero-order valence-corrected chi connectivity index (χ0v) is 15.5. The number of rotatable bonds is 6. The predicted octanol–water partition coefficient (Wildman–Crippen LogP) is 5.00. The molecule has 1 amide bonds. The lowest BCUT2D eigenvalue weighted by Gasteiger charge is -2.06. The van der Waals surface area contributed by atoms with E-state index in [4.69, 9.17) is 4.74 Å². The van der Waals surface area contributed by atoms with Gasteiger partial charge in [0.2, 0.25) is 5.91 Å². The Hall–Kier alpha value is -2.40. The highest BCUT2D eigenvalue weighted by Gasteiger charge is 2.10. The summed E-state index contributed by atoms with van der Waals surface area (Å²) in [4.78, 5) is 16.7. The summed E-state index contributed by atoms with van der Waals surface area (Å²) in [6, 6.07) is 14.0. The number of thiazole rings is 1. The van der Waals surface area contributed by atoms with Gasteiger partial charge in [-0.1, -0.05) is 49.4 Å². The second-order valence-electron chi connectivity index (χ2n) is 6.20. The van der Waals surface area contributed by atoms with Crippen molar-refractivity contribution >= 4 is 32.6 Å². The van der Waals surface area contributed by atoms with E-state index in [1.807, 2.05) is 37.3 Å². The Bertz CT molecular complexity index is 869. The van der Waals surface area contributed by atoms with Crippen LogP contribution in [-0.4, -0.2) is 17.5 Å². The molecule has 0 aliphatic rings. The maximum absolute atomic E-state index is 12.3. The Morgan fingerprint density at radius 1 is 1.20 bits per heavy atom. The first-order chi connectivity index (χ1) is 12.0. The number of nitrogens with one attached hydrogen (secondary N) is 1. The molecule has 0 spiro atoms. The van der Waals surface area contributed by atoms with Crippen LogP contribution in [-0.2, 0) is 11.2 Å². The summed E-state index contributed by atoms with van der Waals surface area (Å²) < 4.78 is 6.50. The summed E-state index contributed by atoms with van der Waals surface area (Å²) in [6.07, 6.45) is 0.346. The van der Waals surface area contributed by atoms with Crippen molar-refractivity contribution < 1.29 is 9.53 Å². The van der Waals surface area contributed by atoms with Crippen molar-refractivity contribution in [3.63, 3.8) is 0 Å². The van der Waals surface area contributed by atoms with Crippen LogP contribution in [0.25, 0.3) is 10.2 Å². The number of carbonyl (C=O) groups excluding carboxylic acids is 1. The van der Waals surface area contributed by atoms with E-state index in [9.17, 15) is 4.79 Å². The molecule has 0 unspecified atom stereocenters. The molecule has 0 aliphatic heterocycles. The number of fused-ring (bicyclic) bond motifs is 1. The largest absolute Gasteiger partial charge is 0.494 e. The van der Waals surface area contributed by atoms with Gasteiger partial charge in [-0.3, -0.25) is 4.79 Å². The molecular weight excluding hydrogens is 332 g/mol. The van der Waals surface area contributed by atoms with E-state index in [0.717, 1.165) is 21.5 Å². The van der Waals surface area contributed by atoms with Crippen molar-refractivity contribution in [3.8, 4) is 5.75 Å². The van der Waals surface area contributed by atoms with E-state index in [2.05, 4.69) is 36.3 Å². The number of aromatic nitrogens is 1. The Balaban J connectivity index is 1.66. The van der Waals surface area contributed by atoms with Gasteiger partial charge in [0.05, 0.1) is 23.2 Å². The smallest absolute Gasteiger partial charge is 0.230 e. The summed E-state index contributed by atoms with van der Waals surface area (Å²) in [5, 5.41) is 3.51. The highest BCUT2D eigenvalue weighted by molar-refractivity contribution is 7.22. The van der Waals surface area contributed by atoms with Crippen molar-refractivity contribution in [1.82, 2.24) is 4.98 Å². The van der Waals surface area contributed by atoms with Crippen LogP contribution in [0, 0.1) is 0 Å². The summed E-state index contributed by atoms with van der Waals surface area (Å²) >= 11 is 1.46. The van der Waals surface area contributed by atoms with Gasteiger partial charge in [-0.05, 0) is 42.2 Å². The molecule has 0 radical (unpaired) electrons. The lowest BCUT2D eigenvalue weighted by atomic mass is 10.0. The van der Waals surface area contributed by atoms with Crippen LogP contribution in [0.3, 0.4) is 0 Å². The number of hydrogen-bond acceptors (Lipinski definition) is 4. The third-order valence-corrected chi connectivity index (χ3v) is 4.86. The van der Waals surface area contributed by atoms with Crippen LogP contribution < -0.4 is 10.1 Å². The highest BCUT2D eigenvalue weighted by Crippen LogP contribution is 2.29. The molecule has 0 fully saturated rings. The average molecular weight is 354 g/mol. The number of benzene rings is 2. The van der Waals surface area contributed by atoms with E-state index in [1.165, 1.54) is 16.9 Å². The van der Waals surface area contributed by atoms with Crippen molar-refractivity contribution in [2.75, 3.05) is 11.9 Å². The van der Waals surface area contributed by atoms with Crippen LogP contribution in [0.4, 0.5) is 5.13 Å². The minimum atomic E-state index is -0.0543. The zero-order valence-electron chi connectivity index (χ0n) is 14.7. The Labute approximate surface area is 151 Å². The van der Waals surface area contributed by atoms with Crippen LogP contribution >= 0.6 is 11.3 Å². The topological polar surface area (TPSA) is 51.2 Å². The molecule has 130 valence electrons. The van der Waals surface area contributed by atoms with Gasteiger partial charge in [0.15, 0.2) is 5.13 Å². The summed E-state index contributed by atoms with van der Waals surface area (Å²) in [6.45, 7) is 6.90. The van der Waals surface area contributed by atoms with E-state index < -0.39 is 0 Å². The molecule has 0 atom stereocenters. The van der Waals surface area contributed by atoms with Crippen LogP contribution in [0.15, 0.2) is 42.5 Å². The van der Waals surface area contributed by atoms with Crippen LogP contribution in [0.2, 0.25) is 0 Å². The molecular formula is C20H22N2O2S. The highest BCUT2D eigenvalue weighted by atomic mass is 32.1. The molecule has 4 nitrogen and oxygen atoms in total. The van der Waals surface area contributed by atoms with Gasteiger partial charge in [-0.15, -0.1) is 0 Å². The lowest BCUT2D eigenvalue weighted by Crippen LogP contribution is -2.14. The maximum atomic E-state index is 12.3. The minimum Gasteiger partial charge on any atom is -0.494 e. The third-order valence-electron chi connectivity index (χ3n) is 3.93. The standard InChI is InChI=1S/C20H22N2O2S/c1-4-24-16-9-10-17-18(12-16)25-20(21-17)22-19(23)11-14-5-7-15(8-6-14)13(2)3/h5-10,12-13H,4,11H2,1-3H3,(H,21,22,23). The van der Waals surface area contributed by atoms with E-state index in [-0.39, 0.29) is 5.91 Å². The summed E-state index contributed by atoms with van der Waals surface area (Å²) in [7, 11) is 0. The first kappa shape index (κ1) is 17.4. The average Bonchev–Trinajstić information content (AvgIpc) is 2.96. The fraction of sp³-hybridized carbons (Fsp3) is 0.300. The molecule has 1 aromatic heterocycles. The molecule has 5 heteroatoms. The second-order valence-corrected chi connectivity index (χ2v) is 7.23. The molecule has 2 aromatic carbocycles. The number of carbonyl (C=O) groups is 1. The number of anilines is 1. The predicted molar refractivity (Wildman–Crippen MR) is 104 cm³/mol. The molecule has 0 saturated carbocycles. The SMILES string of the molecule is CCOc1ccc2nc(NC(=O)Cc3ccc(C(C)C)cc3)sc2c1. The van der Waals surface area contributed by atoms with Crippen molar-refractivity contribution in [2.24, 2.45) is 0 Å². The van der Waals surface area contributed by atoms with E-state index in [1.54, 1.807) is 0 Å². The summed E-state index contributed by atoms with van der Waals surface area (Å²) in [5.41, 5.74) is 3.15. The van der Waals surface area contributed by atoms with Gasteiger partial charge in [0, 0.05) is 0 Å². The molecule has 25 heavy (non-hydrogen) atoms. The Morgan fingerprint density at radius 2 is 1.96 bits per heavy atom. The minimum absolute atomic E-state index is 0.0543. The number of amides is 1. The first-order valence-corrected chi connectivity index (χ1v) is 9.29. The van der Waals surface area contributed by atoms with E-state index in [0.29, 0.717) is 24.1 Å².